The van der Waals surface area contributed by atoms with E-state index in [1.807, 2.05) is 13.8 Å². The number of alkyl halides is 2. The lowest BCUT2D eigenvalue weighted by Crippen LogP contribution is -2.14. The van der Waals surface area contributed by atoms with Gasteiger partial charge >= 0.3 is 0 Å². The van der Waals surface area contributed by atoms with Crippen LogP contribution in [-0.2, 0) is 0 Å². The Labute approximate surface area is 123 Å². The van der Waals surface area contributed by atoms with Crippen molar-refractivity contribution in [2.75, 3.05) is 0 Å². The maximum absolute atomic E-state index is 12.7. The van der Waals surface area contributed by atoms with Gasteiger partial charge in [0, 0.05) is 11.1 Å². The molecular formula is C14H13BrF2N2O. The van der Waals surface area contributed by atoms with Gasteiger partial charge < -0.3 is 4.98 Å². The first kappa shape index (κ1) is 14.8. The highest BCUT2D eigenvalue weighted by Gasteiger charge is 2.14. The molecule has 2 aromatic rings. The lowest BCUT2D eigenvalue weighted by Gasteiger charge is -2.10. The van der Waals surface area contributed by atoms with Crippen molar-refractivity contribution in [3.8, 4) is 11.4 Å². The minimum absolute atomic E-state index is 0.0451. The molecule has 1 aromatic heterocycles. The monoisotopic (exact) mass is 342 g/mol. The molecule has 2 rings (SSSR count). The molecule has 0 fully saturated rings. The van der Waals surface area contributed by atoms with Crippen LogP contribution >= 0.6 is 15.9 Å². The molecule has 0 bridgehead atoms. The molecule has 1 heterocycles. The normalized spacial score (nSPS) is 11.3. The molecule has 0 saturated heterocycles. The van der Waals surface area contributed by atoms with Gasteiger partial charge in [-0.25, -0.2) is 13.8 Å². The summed E-state index contributed by atoms with van der Waals surface area (Å²) in [5, 5.41) is 0. The van der Waals surface area contributed by atoms with Gasteiger partial charge in [-0.05, 0) is 27.9 Å². The molecule has 0 aliphatic heterocycles. The molecule has 6 heteroatoms. The first-order chi connectivity index (χ1) is 9.40. The molecule has 106 valence electrons. The van der Waals surface area contributed by atoms with Crippen LogP contribution in [0.15, 0.2) is 33.5 Å². The van der Waals surface area contributed by atoms with E-state index >= 15 is 0 Å². The third kappa shape index (κ3) is 2.95. The predicted octanol–water partition coefficient (Wildman–Crippen LogP) is 4.26. The van der Waals surface area contributed by atoms with Crippen molar-refractivity contribution in [2.45, 2.75) is 26.2 Å². The second-order valence-corrected chi connectivity index (χ2v) is 5.49. The van der Waals surface area contributed by atoms with E-state index in [2.05, 4.69) is 25.9 Å². The number of benzene rings is 1. The summed E-state index contributed by atoms with van der Waals surface area (Å²) < 4.78 is 25.8. The molecule has 0 saturated carbocycles. The first-order valence-corrected chi connectivity index (χ1v) is 6.87. The van der Waals surface area contributed by atoms with Gasteiger partial charge in [0.05, 0.1) is 5.69 Å². The van der Waals surface area contributed by atoms with Crippen LogP contribution in [0, 0.1) is 0 Å². The number of H-pyrrole nitrogens is 1. The fourth-order valence-electron chi connectivity index (χ4n) is 1.82. The summed E-state index contributed by atoms with van der Waals surface area (Å²) in [5.74, 6) is 0.341. The standard InChI is InChI=1S/C14H13BrF2N2O/c1-7(2)11-10(15)14(20)19-13(18-11)9-5-3-4-8(6-9)12(16)17/h3-7,12H,1-2H3,(H,18,19,20). The van der Waals surface area contributed by atoms with Crippen LogP contribution in [-0.4, -0.2) is 9.97 Å². The Morgan fingerprint density at radius 3 is 2.60 bits per heavy atom. The quantitative estimate of drug-likeness (QED) is 0.905. The molecular weight excluding hydrogens is 330 g/mol. The third-order valence-corrected chi connectivity index (χ3v) is 3.61. The van der Waals surface area contributed by atoms with Crippen molar-refractivity contribution in [1.29, 1.82) is 0 Å². The van der Waals surface area contributed by atoms with E-state index in [0.717, 1.165) is 0 Å². The molecule has 0 atom stereocenters. The number of rotatable bonds is 3. The van der Waals surface area contributed by atoms with E-state index in [0.29, 0.717) is 21.6 Å². The summed E-state index contributed by atoms with van der Waals surface area (Å²) >= 11 is 3.20. The van der Waals surface area contributed by atoms with Crippen LogP contribution in [0.25, 0.3) is 11.4 Å². The average Bonchev–Trinajstić information content (AvgIpc) is 2.41. The number of hydrogen-bond donors (Lipinski definition) is 1. The highest BCUT2D eigenvalue weighted by Crippen LogP contribution is 2.25. The van der Waals surface area contributed by atoms with Gasteiger partial charge in [0.1, 0.15) is 10.3 Å². The Bertz CT molecular complexity index is 683. The van der Waals surface area contributed by atoms with Crippen molar-refractivity contribution < 1.29 is 8.78 Å². The molecule has 0 spiro atoms. The molecule has 0 aliphatic rings. The summed E-state index contributed by atoms with van der Waals surface area (Å²) in [4.78, 5) is 18.8. The Kier molecular flexibility index (Phi) is 4.32. The fourth-order valence-corrected chi connectivity index (χ4v) is 2.46. The van der Waals surface area contributed by atoms with Crippen LogP contribution in [0.1, 0.15) is 37.4 Å². The van der Waals surface area contributed by atoms with Crippen LogP contribution in [0.2, 0.25) is 0 Å². The van der Waals surface area contributed by atoms with Crippen LogP contribution in [0.3, 0.4) is 0 Å². The van der Waals surface area contributed by atoms with E-state index in [1.165, 1.54) is 18.2 Å². The Morgan fingerprint density at radius 1 is 1.30 bits per heavy atom. The maximum atomic E-state index is 12.7. The van der Waals surface area contributed by atoms with E-state index in [1.54, 1.807) is 6.07 Å². The topological polar surface area (TPSA) is 45.8 Å². The zero-order chi connectivity index (χ0) is 14.9. The van der Waals surface area contributed by atoms with Gasteiger partial charge in [0.2, 0.25) is 0 Å². The van der Waals surface area contributed by atoms with Crippen LogP contribution in [0.5, 0.6) is 0 Å². The summed E-state index contributed by atoms with van der Waals surface area (Å²) in [7, 11) is 0. The number of halogens is 3. The predicted molar refractivity (Wildman–Crippen MR) is 77.0 cm³/mol. The zero-order valence-corrected chi connectivity index (χ0v) is 12.5. The maximum Gasteiger partial charge on any atom is 0.265 e. The highest BCUT2D eigenvalue weighted by atomic mass is 79.9. The molecule has 1 N–H and O–H groups in total. The molecule has 0 amide bonds. The summed E-state index contributed by atoms with van der Waals surface area (Å²) in [5.41, 5.74) is 0.654. The average molecular weight is 343 g/mol. The van der Waals surface area contributed by atoms with Crippen molar-refractivity contribution >= 4 is 15.9 Å². The van der Waals surface area contributed by atoms with Gasteiger partial charge in [0.25, 0.3) is 12.0 Å². The summed E-state index contributed by atoms with van der Waals surface area (Å²) in [6.07, 6.45) is -2.55. The molecule has 3 nitrogen and oxygen atoms in total. The Hall–Kier alpha value is -1.56. The minimum atomic E-state index is -2.55. The smallest absolute Gasteiger partial charge is 0.265 e. The van der Waals surface area contributed by atoms with Gasteiger partial charge in [-0.15, -0.1) is 0 Å². The number of nitrogens with zero attached hydrogens (tertiary/aromatic N) is 1. The SMILES string of the molecule is CC(C)c1nc(-c2cccc(C(F)F)c2)[nH]c(=O)c1Br. The minimum Gasteiger partial charge on any atom is -0.306 e. The number of hydrogen-bond acceptors (Lipinski definition) is 2. The van der Waals surface area contributed by atoms with Crippen molar-refractivity contribution in [2.24, 2.45) is 0 Å². The first-order valence-electron chi connectivity index (χ1n) is 6.08. The van der Waals surface area contributed by atoms with Gasteiger partial charge in [-0.2, -0.15) is 0 Å². The molecule has 1 aromatic carbocycles. The van der Waals surface area contributed by atoms with Crippen molar-refractivity contribution in [3.63, 3.8) is 0 Å². The third-order valence-electron chi connectivity index (χ3n) is 2.85. The lowest BCUT2D eigenvalue weighted by molar-refractivity contribution is 0.151. The second-order valence-electron chi connectivity index (χ2n) is 4.69. The summed E-state index contributed by atoms with van der Waals surface area (Å²) in [6, 6.07) is 5.84. The van der Waals surface area contributed by atoms with E-state index in [-0.39, 0.29) is 17.0 Å². The zero-order valence-electron chi connectivity index (χ0n) is 11.0. The van der Waals surface area contributed by atoms with E-state index in [4.69, 9.17) is 0 Å². The lowest BCUT2D eigenvalue weighted by atomic mass is 10.1. The molecule has 0 unspecified atom stereocenters. The van der Waals surface area contributed by atoms with Crippen molar-refractivity contribution in [1.82, 2.24) is 9.97 Å². The van der Waals surface area contributed by atoms with Gasteiger partial charge in [0.15, 0.2) is 0 Å². The number of aromatic nitrogens is 2. The van der Waals surface area contributed by atoms with E-state index < -0.39 is 6.43 Å². The summed E-state index contributed by atoms with van der Waals surface area (Å²) in [6.45, 7) is 3.82. The van der Waals surface area contributed by atoms with Gasteiger partial charge in [-0.1, -0.05) is 32.0 Å². The second kappa shape index (κ2) is 5.83. The van der Waals surface area contributed by atoms with Gasteiger partial charge in [-0.3, -0.25) is 4.79 Å². The van der Waals surface area contributed by atoms with E-state index in [9.17, 15) is 13.6 Å². The van der Waals surface area contributed by atoms with Crippen molar-refractivity contribution in [3.05, 3.63) is 50.3 Å². The fraction of sp³-hybridized carbons (Fsp3) is 0.286. The van der Waals surface area contributed by atoms with Crippen LogP contribution < -0.4 is 5.56 Å². The molecule has 0 aliphatic carbocycles. The molecule has 20 heavy (non-hydrogen) atoms. The highest BCUT2D eigenvalue weighted by molar-refractivity contribution is 9.10. The molecule has 0 radical (unpaired) electrons. The largest absolute Gasteiger partial charge is 0.306 e. The van der Waals surface area contributed by atoms with Crippen LogP contribution in [0.4, 0.5) is 8.78 Å². The Morgan fingerprint density at radius 2 is 2.00 bits per heavy atom. The number of aromatic amines is 1. The Balaban J connectivity index is 2.58. The number of nitrogens with one attached hydrogen (secondary N) is 1.